The van der Waals surface area contributed by atoms with Gasteiger partial charge >= 0.3 is 5.97 Å². The van der Waals surface area contributed by atoms with E-state index in [1.807, 2.05) is 6.08 Å². The van der Waals surface area contributed by atoms with Gasteiger partial charge in [0.2, 0.25) is 0 Å². The average molecular weight is 154 g/mol. The minimum absolute atomic E-state index is 0.155. The van der Waals surface area contributed by atoms with Gasteiger partial charge in [0.05, 0.1) is 0 Å². The molecule has 11 heavy (non-hydrogen) atoms. The molecule has 0 aliphatic heterocycles. The highest BCUT2D eigenvalue weighted by Crippen LogP contribution is 2.17. The van der Waals surface area contributed by atoms with E-state index in [2.05, 4.69) is 0 Å². The minimum Gasteiger partial charge on any atom is -0.508 e. The Balaban J connectivity index is 2.68. The number of carbonyl (C=O) groups is 1. The highest BCUT2D eigenvalue weighted by molar-refractivity contribution is 5.67. The lowest BCUT2D eigenvalue weighted by atomic mass is 10.1. The van der Waals surface area contributed by atoms with E-state index in [1.54, 1.807) is 6.08 Å². The molecule has 0 saturated heterocycles. The van der Waals surface area contributed by atoms with E-state index in [4.69, 9.17) is 9.84 Å². The summed E-state index contributed by atoms with van der Waals surface area (Å²) >= 11 is 0. The van der Waals surface area contributed by atoms with Gasteiger partial charge in [-0.25, -0.2) is 0 Å². The molecule has 0 aromatic rings. The van der Waals surface area contributed by atoms with Crippen molar-refractivity contribution in [2.24, 2.45) is 0 Å². The zero-order valence-corrected chi connectivity index (χ0v) is 6.33. The Hall–Kier alpha value is -1.25. The summed E-state index contributed by atoms with van der Waals surface area (Å²) in [6, 6.07) is 0. The summed E-state index contributed by atoms with van der Waals surface area (Å²) in [5.41, 5.74) is 0. The van der Waals surface area contributed by atoms with Crippen LogP contribution in [0.15, 0.2) is 23.7 Å². The van der Waals surface area contributed by atoms with Crippen LogP contribution in [0.5, 0.6) is 0 Å². The molecule has 0 heterocycles. The van der Waals surface area contributed by atoms with Crippen LogP contribution in [0.4, 0.5) is 0 Å². The second kappa shape index (κ2) is 3.23. The van der Waals surface area contributed by atoms with Crippen molar-refractivity contribution in [2.75, 3.05) is 0 Å². The van der Waals surface area contributed by atoms with Crippen LogP contribution >= 0.6 is 0 Å². The van der Waals surface area contributed by atoms with Crippen molar-refractivity contribution < 1.29 is 14.6 Å². The quantitative estimate of drug-likeness (QED) is 0.584. The predicted molar refractivity (Wildman–Crippen MR) is 39.8 cm³/mol. The third-order valence-electron chi connectivity index (χ3n) is 1.36. The molecule has 0 atom stereocenters. The zero-order valence-electron chi connectivity index (χ0n) is 6.33. The van der Waals surface area contributed by atoms with E-state index in [9.17, 15) is 4.79 Å². The Morgan fingerprint density at radius 1 is 1.73 bits per heavy atom. The van der Waals surface area contributed by atoms with Crippen LogP contribution in [0.2, 0.25) is 0 Å². The Labute approximate surface area is 65.0 Å². The van der Waals surface area contributed by atoms with E-state index in [-0.39, 0.29) is 11.5 Å². The molecule has 1 aliphatic rings. The van der Waals surface area contributed by atoms with Crippen molar-refractivity contribution in [2.45, 2.75) is 19.8 Å². The zero-order chi connectivity index (χ0) is 8.27. The number of ether oxygens (including phenoxy) is 1. The maximum atomic E-state index is 10.5. The van der Waals surface area contributed by atoms with E-state index in [0.717, 1.165) is 6.42 Å². The van der Waals surface area contributed by atoms with Gasteiger partial charge in [-0.1, -0.05) is 6.08 Å². The Kier molecular flexibility index (Phi) is 2.31. The van der Waals surface area contributed by atoms with Crippen molar-refractivity contribution >= 4 is 5.97 Å². The maximum Gasteiger partial charge on any atom is 0.308 e. The molecule has 1 rings (SSSR count). The number of allylic oxidation sites excluding steroid dienone is 3. The molecule has 3 heteroatoms. The summed E-state index contributed by atoms with van der Waals surface area (Å²) < 4.78 is 4.71. The van der Waals surface area contributed by atoms with Crippen molar-refractivity contribution in [1.29, 1.82) is 0 Å². The summed E-state index contributed by atoms with van der Waals surface area (Å²) in [5.74, 6) is 0.0320. The van der Waals surface area contributed by atoms with Gasteiger partial charge in [-0.15, -0.1) is 0 Å². The third kappa shape index (κ3) is 2.11. The molecule has 3 nitrogen and oxygen atoms in total. The largest absolute Gasteiger partial charge is 0.508 e. The Morgan fingerprint density at radius 2 is 2.45 bits per heavy atom. The first kappa shape index (κ1) is 7.85. The first-order valence-corrected chi connectivity index (χ1v) is 3.47. The van der Waals surface area contributed by atoms with Gasteiger partial charge in [-0.2, -0.15) is 0 Å². The molecular weight excluding hydrogens is 144 g/mol. The number of esters is 1. The Bertz CT molecular complexity index is 225. The second-order valence-electron chi connectivity index (χ2n) is 2.35. The van der Waals surface area contributed by atoms with E-state index >= 15 is 0 Å². The number of carbonyl (C=O) groups excluding carboxylic acids is 1. The van der Waals surface area contributed by atoms with Gasteiger partial charge < -0.3 is 9.84 Å². The lowest BCUT2D eigenvalue weighted by molar-refractivity contribution is -0.136. The number of aliphatic hydroxyl groups is 1. The molecule has 0 unspecified atom stereocenters. The monoisotopic (exact) mass is 154 g/mol. The van der Waals surface area contributed by atoms with Gasteiger partial charge in [-0.3, -0.25) is 4.79 Å². The molecular formula is C8H10O3. The molecule has 0 aromatic heterocycles. The highest BCUT2D eigenvalue weighted by Gasteiger charge is 2.09. The van der Waals surface area contributed by atoms with Crippen molar-refractivity contribution in [1.82, 2.24) is 0 Å². The van der Waals surface area contributed by atoms with Crippen LogP contribution in [0.1, 0.15) is 19.8 Å². The fourth-order valence-electron chi connectivity index (χ4n) is 0.878. The van der Waals surface area contributed by atoms with Crippen LogP contribution < -0.4 is 0 Å². The normalized spacial score (nSPS) is 16.8. The van der Waals surface area contributed by atoms with Crippen molar-refractivity contribution in [3.63, 3.8) is 0 Å². The fourth-order valence-corrected chi connectivity index (χ4v) is 0.878. The van der Waals surface area contributed by atoms with Crippen LogP contribution in [0.25, 0.3) is 0 Å². The van der Waals surface area contributed by atoms with E-state index in [0.29, 0.717) is 6.42 Å². The molecule has 0 saturated carbocycles. The maximum absolute atomic E-state index is 10.5. The molecule has 0 bridgehead atoms. The van der Waals surface area contributed by atoms with Gasteiger partial charge in [0.25, 0.3) is 0 Å². The standard InChI is InChI=1S/C8H10O3/c1-6(9)11-8-5-3-2-4-7(8)10/h3,5,10H,2,4H2,1H3. The van der Waals surface area contributed by atoms with Gasteiger partial charge in [0, 0.05) is 13.3 Å². The number of rotatable bonds is 1. The minimum atomic E-state index is -0.405. The first-order valence-electron chi connectivity index (χ1n) is 3.47. The lowest BCUT2D eigenvalue weighted by Crippen LogP contribution is -2.02. The van der Waals surface area contributed by atoms with Crippen molar-refractivity contribution in [3.8, 4) is 0 Å². The summed E-state index contributed by atoms with van der Waals surface area (Å²) in [4.78, 5) is 10.5. The highest BCUT2D eigenvalue weighted by atomic mass is 16.5. The van der Waals surface area contributed by atoms with E-state index in [1.165, 1.54) is 6.92 Å². The smallest absolute Gasteiger partial charge is 0.308 e. The van der Waals surface area contributed by atoms with Crippen LogP contribution in [-0.4, -0.2) is 11.1 Å². The van der Waals surface area contributed by atoms with Gasteiger partial charge in [0.1, 0.15) is 5.76 Å². The molecule has 1 aliphatic carbocycles. The summed E-state index contributed by atoms with van der Waals surface area (Å²) in [6.45, 7) is 1.31. The molecule has 0 aromatic carbocycles. The van der Waals surface area contributed by atoms with Gasteiger partial charge in [-0.05, 0) is 12.5 Å². The molecule has 1 N–H and O–H groups in total. The summed E-state index contributed by atoms with van der Waals surface area (Å²) in [6.07, 6.45) is 4.83. The first-order chi connectivity index (χ1) is 5.20. The SMILES string of the molecule is CC(=O)OC1=C(O)CCC=C1. The molecule has 0 spiro atoms. The summed E-state index contributed by atoms with van der Waals surface area (Å²) in [7, 11) is 0. The molecule has 0 radical (unpaired) electrons. The Morgan fingerprint density at radius 3 is 3.00 bits per heavy atom. The van der Waals surface area contributed by atoms with Gasteiger partial charge in [0.15, 0.2) is 5.76 Å². The lowest BCUT2D eigenvalue weighted by Gasteiger charge is -2.08. The number of hydrogen-bond donors (Lipinski definition) is 1. The fraction of sp³-hybridized carbons (Fsp3) is 0.375. The predicted octanol–water partition coefficient (Wildman–Crippen LogP) is 1.67. The van der Waals surface area contributed by atoms with Crippen LogP contribution in [0, 0.1) is 0 Å². The van der Waals surface area contributed by atoms with Crippen LogP contribution in [-0.2, 0) is 9.53 Å². The van der Waals surface area contributed by atoms with E-state index < -0.39 is 5.97 Å². The van der Waals surface area contributed by atoms with Crippen LogP contribution in [0.3, 0.4) is 0 Å². The number of hydrogen-bond acceptors (Lipinski definition) is 3. The molecule has 0 amide bonds. The topological polar surface area (TPSA) is 46.5 Å². The molecule has 60 valence electrons. The summed E-state index contributed by atoms with van der Waals surface area (Å²) in [5, 5.41) is 9.17. The third-order valence-corrected chi connectivity index (χ3v) is 1.36. The number of aliphatic hydroxyl groups excluding tert-OH is 1. The average Bonchev–Trinajstić information content (AvgIpc) is 1.93. The molecule has 0 fully saturated rings. The second-order valence-corrected chi connectivity index (χ2v) is 2.35. The van der Waals surface area contributed by atoms with Crippen molar-refractivity contribution in [3.05, 3.63) is 23.7 Å².